The van der Waals surface area contributed by atoms with Crippen molar-refractivity contribution in [1.29, 1.82) is 0 Å². The lowest BCUT2D eigenvalue weighted by molar-refractivity contribution is -0.137. The molecule has 1 aliphatic rings. The summed E-state index contributed by atoms with van der Waals surface area (Å²) in [4.78, 5) is 14.9. The number of anilines is 2. The van der Waals surface area contributed by atoms with E-state index in [1.54, 1.807) is 6.92 Å². The molecule has 1 aliphatic heterocycles. The molecule has 138 valence electrons. The summed E-state index contributed by atoms with van der Waals surface area (Å²) in [5, 5.41) is 2.51. The molecular weight excluding hydrogens is 375 g/mol. The lowest BCUT2D eigenvalue weighted by atomic mass is 10.2. The molecule has 1 aromatic heterocycles. The number of pyridine rings is 1. The van der Waals surface area contributed by atoms with Gasteiger partial charge in [0.15, 0.2) is 6.10 Å². The Morgan fingerprint density at radius 2 is 1.96 bits per heavy atom. The predicted molar refractivity (Wildman–Crippen MR) is 85.2 cm³/mol. The topological polar surface area (TPSA) is 97.4 Å². The maximum Gasteiger partial charge on any atom is 0.417 e. The van der Waals surface area contributed by atoms with Crippen molar-refractivity contribution in [1.82, 2.24) is 4.98 Å². The number of hydrogen-bond acceptors (Lipinski definition) is 5. The number of aromatic nitrogens is 1. The van der Waals surface area contributed by atoms with Crippen LogP contribution in [0.25, 0.3) is 0 Å². The molecule has 2 heterocycles. The molecule has 1 amide bonds. The van der Waals surface area contributed by atoms with E-state index in [9.17, 15) is 26.4 Å². The lowest BCUT2D eigenvalue weighted by Gasteiger charge is -2.23. The van der Waals surface area contributed by atoms with Crippen LogP contribution in [0.4, 0.5) is 24.7 Å². The van der Waals surface area contributed by atoms with Crippen molar-refractivity contribution in [2.45, 2.75) is 24.1 Å². The van der Waals surface area contributed by atoms with Gasteiger partial charge in [-0.15, -0.1) is 0 Å². The zero-order valence-corrected chi connectivity index (χ0v) is 14.0. The van der Waals surface area contributed by atoms with Gasteiger partial charge in [-0.05, 0) is 37.3 Å². The van der Waals surface area contributed by atoms with Gasteiger partial charge in [-0.2, -0.15) is 13.2 Å². The van der Waals surface area contributed by atoms with Crippen molar-refractivity contribution < 1.29 is 31.1 Å². The molecule has 2 N–H and O–H groups in total. The highest BCUT2D eigenvalue weighted by Gasteiger charge is 2.31. The number of fused-ring (bicyclic) bond motifs is 1. The second-order valence-electron chi connectivity index (χ2n) is 5.44. The second-order valence-corrected chi connectivity index (χ2v) is 7.13. The monoisotopic (exact) mass is 387 g/mol. The minimum Gasteiger partial charge on any atom is -0.479 e. The third-order valence-electron chi connectivity index (χ3n) is 3.52. The molecule has 0 saturated heterocycles. The summed E-state index contributed by atoms with van der Waals surface area (Å²) >= 11 is 0. The van der Waals surface area contributed by atoms with Crippen LogP contribution in [0.2, 0.25) is 0 Å². The van der Waals surface area contributed by atoms with E-state index in [-0.39, 0.29) is 16.4 Å². The summed E-state index contributed by atoms with van der Waals surface area (Å²) in [7, 11) is -4.13. The highest BCUT2D eigenvalue weighted by molar-refractivity contribution is 7.92. The first-order chi connectivity index (χ1) is 12.1. The molecule has 0 radical (unpaired) electrons. The van der Waals surface area contributed by atoms with Crippen LogP contribution in [-0.2, 0) is 21.0 Å². The Morgan fingerprint density at radius 1 is 1.23 bits per heavy atom. The number of benzene rings is 1. The maximum absolute atomic E-state index is 12.5. The third-order valence-corrected chi connectivity index (χ3v) is 4.87. The smallest absolute Gasteiger partial charge is 0.417 e. The maximum atomic E-state index is 12.5. The molecule has 0 bridgehead atoms. The molecule has 2 aromatic rings. The molecule has 1 unspecified atom stereocenters. The Bertz CT molecular complexity index is 959. The number of halogens is 3. The van der Waals surface area contributed by atoms with Crippen molar-refractivity contribution in [2.75, 3.05) is 10.0 Å². The quantitative estimate of drug-likeness (QED) is 0.844. The number of carbonyl (C=O) groups is 1. The number of hydrogen-bond donors (Lipinski definition) is 2. The van der Waals surface area contributed by atoms with Crippen molar-refractivity contribution in [3.05, 3.63) is 42.1 Å². The van der Waals surface area contributed by atoms with E-state index in [2.05, 4.69) is 15.0 Å². The first-order valence-corrected chi connectivity index (χ1v) is 8.72. The van der Waals surface area contributed by atoms with E-state index >= 15 is 0 Å². The Hall–Kier alpha value is -2.82. The van der Waals surface area contributed by atoms with Gasteiger partial charge in [-0.1, -0.05) is 0 Å². The molecule has 1 atom stereocenters. The number of rotatable bonds is 3. The molecule has 0 fully saturated rings. The Kier molecular flexibility index (Phi) is 4.26. The number of nitrogens with one attached hydrogen (secondary N) is 2. The Balaban J connectivity index is 1.85. The van der Waals surface area contributed by atoms with Gasteiger partial charge in [-0.3, -0.25) is 9.52 Å². The minimum absolute atomic E-state index is 0.177. The first-order valence-electron chi connectivity index (χ1n) is 7.24. The van der Waals surface area contributed by atoms with Crippen molar-refractivity contribution in [2.24, 2.45) is 0 Å². The molecule has 26 heavy (non-hydrogen) atoms. The lowest BCUT2D eigenvalue weighted by Crippen LogP contribution is -2.34. The largest absolute Gasteiger partial charge is 0.479 e. The van der Waals surface area contributed by atoms with Crippen LogP contribution in [-0.4, -0.2) is 25.4 Å². The fourth-order valence-corrected chi connectivity index (χ4v) is 3.21. The number of nitrogens with zero attached hydrogens (tertiary/aromatic N) is 1. The van der Waals surface area contributed by atoms with E-state index in [0.29, 0.717) is 18.0 Å². The van der Waals surface area contributed by atoms with E-state index in [1.807, 2.05) is 0 Å². The van der Waals surface area contributed by atoms with Gasteiger partial charge in [0.2, 0.25) is 0 Å². The average Bonchev–Trinajstić information content (AvgIpc) is 2.55. The van der Waals surface area contributed by atoms with Crippen LogP contribution in [0.15, 0.2) is 41.4 Å². The summed E-state index contributed by atoms with van der Waals surface area (Å²) in [6.07, 6.45) is -4.75. The van der Waals surface area contributed by atoms with Gasteiger partial charge in [-0.25, -0.2) is 13.4 Å². The van der Waals surface area contributed by atoms with Crippen LogP contribution < -0.4 is 14.8 Å². The average molecular weight is 387 g/mol. The number of sulfonamides is 1. The van der Waals surface area contributed by atoms with Gasteiger partial charge in [0.05, 0.1) is 16.1 Å². The van der Waals surface area contributed by atoms with Gasteiger partial charge in [0.1, 0.15) is 11.6 Å². The molecule has 11 heteroatoms. The van der Waals surface area contributed by atoms with Crippen LogP contribution in [0, 0.1) is 0 Å². The number of ether oxygens (including phenoxy) is 1. The van der Waals surface area contributed by atoms with Gasteiger partial charge < -0.3 is 10.1 Å². The first kappa shape index (κ1) is 18.0. The van der Waals surface area contributed by atoms with Crippen LogP contribution in [0.3, 0.4) is 0 Å². The summed E-state index contributed by atoms with van der Waals surface area (Å²) in [5.74, 6) is -0.391. The summed E-state index contributed by atoms with van der Waals surface area (Å²) in [6.45, 7) is 1.54. The molecule has 0 aliphatic carbocycles. The molecule has 0 spiro atoms. The van der Waals surface area contributed by atoms with Crippen molar-refractivity contribution >= 4 is 27.4 Å². The number of carbonyl (C=O) groups excluding carboxylic acids is 1. The highest BCUT2D eigenvalue weighted by Crippen LogP contribution is 2.32. The van der Waals surface area contributed by atoms with Gasteiger partial charge in [0.25, 0.3) is 15.9 Å². The zero-order valence-electron chi connectivity index (χ0n) is 13.2. The van der Waals surface area contributed by atoms with Crippen molar-refractivity contribution in [3.8, 4) is 5.75 Å². The van der Waals surface area contributed by atoms with Crippen molar-refractivity contribution in [3.63, 3.8) is 0 Å². The summed E-state index contributed by atoms with van der Waals surface area (Å²) < 4.78 is 69.7. The third kappa shape index (κ3) is 3.57. The molecule has 0 saturated carbocycles. The zero-order chi connectivity index (χ0) is 19.1. The molecule has 7 nitrogen and oxygen atoms in total. The van der Waals surface area contributed by atoms with E-state index in [4.69, 9.17) is 4.74 Å². The van der Waals surface area contributed by atoms with Crippen LogP contribution in [0.1, 0.15) is 12.5 Å². The fraction of sp³-hybridized carbons (Fsp3) is 0.200. The Morgan fingerprint density at radius 3 is 2.58 bits per heavy atom. The highest BCUT2D eigenvalue weighted by atomic mass is 32.2. The molecular formula is C15H12F3N3O4S. The molecule has 3 rings (SSSR count). The van der Waals surface area contributed by atoms with E-state index < -0.39 is 33.8 Å². The number of alkyl halides is 3. The normalized spacial score (nSPS) is 17.1. The van der Waals surface area contributed by atoms with E-state index in [1.165, 1.54) is 18.2 Å². The van der Waals surface area contributed by atoms with Crippen LogP contribution in [0.5, 0.6) is 5.75 Å². The SMILES string of the molecule is CC1Oc2ccc(S(=O)(=O)Nc3ccc(C(F)(F)F)cn3)cc2NC1=O. The summed E-state index contributed by atoms with van der Waals surface area (Å²) in [6, 6.07) is 5.43. The number of amides is 1. The summed E-state index contributed by atoms with van der Waals surface area (Å²) in [5.41, 5.74) is -0.820. The van der Waals surface area contributed by atoms with E-state index in [0.717, 1.165) is 6.07 Å². The minimum atomic E-state index is -4.57. The van der Waals surface area contributed by atoms with Gasteiger partial charge in [0, 0.05) is 6.20 Å². The fourth-order valence-electron chi connectivity index (χ4n) is 2.17. The van der Waals surface area contributed by atoms with Gasteiger partial charge >= 0.3 is 6.18 Å². The second kappa shape index (κ2) is 6.16. The Labute approximate surface area is 146 Å². The standard InChI is InChI=1S/C15H12F3N3O4S/c1-8-14(22)20-11-6-10(3-4-12(11)25-8)26(23,24)21-13-5-2-9(7-19-13)15(16,17)18/h2-8H,1H3,(H,19,21)(H,20,22). The predicted octanol–water partition coefficient (Wildman–Crippen LogP) is 2.62. The molecule has 1 aromatic carbocycles. The van der Waals surface area contributed by atoms with Crippen LogP contribution >= 0.6 is 0 Å².